The zero-order valence-corrected chi connectivity index (χ0v) is 13.0. The van der Waals surface area contributed by atoms with E-state index in [2.05, 4.69) is 9.55 Å². The van der Waals surface area contributed by atoms with Gasteiger partial charge in [-0.15, -0.1) is 0 Å². The number of ether oxygens (including phenoxy) is 1. The molecular formula is C18H22N2O2. The SMILES string of the molecule is COC(=O)c1cccc(Cn2ccnc2C2CCCCC2)c1. The van der Waals surface area contributed by atoms with Crippen LogP contribution in [0, 0.1) is 0 Å². The van der Waals surface area contributed by atoms with E-state index >= 15 is 0 Å². The maximum atomic E-state index is 11.6. The Morgan fingerprint density at radius 3 is 2.91 bits per heavy atom. The van der Waals surface area contributed by atoms with Gasteiger partial charge in [-0.2, -0.15) is 0 Å². The van der Waals surface area contributed by atoms with Crippen LogP contribution in [0.1, 0.15) is 59.8 Å². The lowest BCUT2D eigenvalue weighted by atomic mass is 9.88. The molecule has 1 aliphatic carbocycles. The molecule has 3 rings (SSSR count). The summed E-state index contributed by atoms with van der Waals surface area (Å²) in [5.41, 5.74) is 1.69. The molecule has 4 nitrogen and oxygen atoms in total. The summed E-state index contributed by atoms with van der Waals surface area (Å²) in [6.07, 6.45) is 10.3. The Morgan fingerprint density at radius 1 is 1.32 bits per heavy atom. The number of methoxy groups -OCH3 is 1. The molecule has 0 bridgehead atoms. The van der Waals surface area contributed by atoms with E-state index in [1.807, 2.05) is 30.6 Å². The normalized spacial score (nSPS) is 15.7. The highest BCUT2D eigenvalue weighted by Gasteiger charge is 2.20. The van der Waals surface area contributed by atoms with Gasteiger partial charge in [0.2, 0.25) is 0 Å². The number of hydrogen-bond donors (Lipinski definition) is 0. The van der Waals surface area contributed by atoms with Crippen molar-refractivity contribution in [1.29, 1.82) is 0 Å². The minimum Gasteiger partial charge on any atom is -0.465 e. The lowest BCUT2D eigenvalue weighted by Gasteiger charge is -2.22. The van der Waals surface area contributed by atoms with Crippen LogP contribution in [0.2, 0.25) is 0 Å². The van der Waals surface area contributed by atoms with Crippen molar-refractivity contribution in [3.05, 3.63) is 53.6 Å². The minimum atomic E-state index is -0.292. The highest BCUT2D eigenvalue weighted by atomic mass is 16.5. The van der Waals surface area contributed by atoms with Gasteiger partial charge in [0, 0.05) is 24.9 Å². The van der Waals surface area contributed by atoms with Gasteiger partial charge in [-0.1, -0.05) is 31.4 Å². The first-order chi connectivity index (χ1) is 10.8. The van der Waals surface area contributed by atoms with Crippen LogP contribution in [-0.4, -0.2) is 22.6 Å². The number of nitrogens with zero attached hydrogens (tertiary/aromatic N) is 2. The van der Waals surface area contributed by atoms with E-state index in [1.165, 1.54) is 45.0 Å². The molecule has 1 saturated carbocycles. The Balaban J connectivity index is 1.79. The van der Waals surface area contributed by atoms with Crippen LogP contribution >= 0.6 is 0 Å². The number of carbonyl (C=O) groups excluding carboxylic acids is 1. The molecule has 0 N–H and O–H groups in total. The van der Waals surface area contributed by atoms with Gasteiger partial charge in [-0.05, 0) is 30.5 Å². The molecular weight excluding hydrogens is 276 g/mol. The summed E-state index contributed by atoms with van der Waals surface area (Å²) < 4.78 is 7.00. The van der Waals surface area contributed by atoms with E-state index in [1.54, 1.807) is 6.07 Å². The molecule has 1 aliphatic rings. The molecule has 1 aromatic carbocycles. The van der Waals surface area contributed by atoms with Gasteiger partial charge in [0.15, 0.2) is 0 Å². The third-order valence-corrected chi connectivity index (χ3v) is 4.42. The second-order valence-electron chi connectivity index (χ2n) is 5.94. The summed E-state index contributed by atoms with van der Waals surface area (Å²) in [7, 11) is 1.41. The van der Waals surface area contributed by atoms with E-state index in [0.29, 0.717) is 11.5 Å². The quantitative estimate of drug-likeness (QED) is 0.807. The first-order valence-electron chi connectivity index (χ1n) is 7.96. The summed E-state index contributed by atoms with van der Waals surface area (Å²) in [5, 5.41) is 0. The molecule has 0 atom stereocenters. The highest BCUT2D eigenvalue weighted by molar-refractivity contribution is 5.89. The molecule has 1 aromatic heterocycles. The first kappa shape index (κ1) is 14.8. The van der Waals surface area contributed by atoms with Crippen LogP contribution in [0.15, 0.2) is 36.7 Å². The summed E-state index contributed by atoms with van der Waals surface area (Å²) >= 11 is 0. The van der Waals surface area contributed by atoms with Gasteiger partial charge in [0.05, 0.1) is 12.7 Å². The number of esters is 1. The molecule has 116 valence electrons. The lowest BCUT2D eigenvalue weighted by Crippen LogP contribution is -2.13. The zero-order chi connectivity index (χ0) is 15.4. The van der Waals surface area contributed by atoms with Crippen molar-refractivity contribution in [2.45, 2.75) is 44.6 Å². The van der Waals surface area contributed by atoms with E-state index in [4.69, 9.17) is 4.74 Å². The molecule has 22 heavy (non-hydrogen) atoms. The largest absolute Gasteiger partial charge is 0.465 e. The third-order valence-electron chi connectivity index (χ3n) is 4.42. The lowest BCUT2D eigenvalue weighted by molar-refractivity contribution is 0.0600. The van der Waals surface area contributed by atoms with Gasteiger partial charge in [-0.25, -0.2) is 9.78 Å². The summed E-state index contributed by atoms with van der Waals surface area (Å²) in [4.78, 5) is 16.2. The van der Waals surface area contributed by atoms with Crippen LogP contribution in [-0.2, 0) is 11.3 Å². The zero-order valence-electron chi connectivity index (χ0n) is 13.0. The van der Waals surface area contributed by atoms with Crippen LogP contribution in [0.25, 0.3) is 0 Å². The van der Waals surface area contributed by atoms with Gasteiger partial charge in [0.1, 0.15) is 5.82 Å². The predicted molar refractivity (Wildman–Crippen MR) is 84.9 cm³/mol. The topological polar surface area (TPSA) is 44.1 Å². The van der Waals surface area contributed by atoms with Crippen LogP contribution in [0.4, 0.5) is 0 Å². The second-order valence-corrected chi connectivity index (χ2v) is 5.94. The van der Waals surface area contributed by atoms with Gasteiger partial charge in [0.25, 0.3) is 0 Å². The van der Waals surface area contributed by atoms with E-state index in [0.717, 1.165) is 12.1 Å². The monoisotopic (exact) mass is 298 g/mol. The number of rotatable bonds is 4. The Labute approximate surface area is 131 Å². The van der Waals surface area contributed by atoms with Gasteiger partial charge in [-0.3, -0.25) is 0 Å². The number of benzene rings is 1. The molecule has 0 aliphatic heterocycles. The van der Waals surface area contributed by atoms with Crippen LogP contribution in [0.3, 0.4) is 0 Å². The molecule has 0 saturated heterocycles. The number of imidazole rings is 1. The standard InChI is InChI=1S/C18H22N2O2/c1-22-18(21)16-9-5-6-14(12-16)13-20-11-10-19-17(20)15-7-3-2-4-8-15/h5-6,9-12,15H,2-4,7-8,13H2,1H3. The number of hydrogen-bond acceptors (Lipinski definition) is 3. The number of carbonyl (C=O) groups is 1. The fourth-order valence-corrected chi connectivity index (χ4v) is 3.29. The number of aromatic nitrogens is 2. The third kappa shape index (κ3) is 3.21. The van der Waals surface area contributed by atoms with Crippen LogP contribution < -0.4 is 0 Å². The van der Waals surface area contributed by atoms with Gasteiger partial charge >= 0.3 is 5.97 Å². The molecule has 0 radical (unpaired) electrons. The van der Waals surface area contributed by atoms with Crippen molar-refractivity contribution in [3.63, 3.8) is 0 Å². The summed E-state index contributed by atoms with van der Waals surface area (Å²) in [6, 6.07) is 7.62. The molecule has 0 spiro atoms. The smallest absolute Gasteiger partial charge is 0.337 e. The Morgan fingerprint density at radius 2 is 2.14 bits per heavy atom. The summed E-state index contributed by atoms with van der Waals surface area (Å²) in [5.74, 6) is 1.47. The first-order valence-corrected chi connectivity index (χ1v) is 7.96. The van der Waals surface area contributed by atoms with Crippen molar-refractivity contribution in [2.24, 2.45) is 0 Å². The maximum absolute atomic E-state index is 11.6. The fraction of sp³-hybridized carbons (Fsp3) is 0.444. The molecule has 0 amide bonds. The molecule has 1 heterocycles. The van der Waals surface area contributed by atoms with Crippen molar-refractivity contribution < 1.29 is 9.53 Å². The van der Waals surface area contributed by atoms with Crippen LogP contribution in [0.5, 0.6) is 0 Å². The van der Waals surface area contributed by atoms with Crippen molar-refractivity contribution in [2.75, 3.05) is 7.11 Å². The van der Waals surface area contributed by atoms with E-state index in [9.17, 15) is 4.79 Å². The molecule has 2 aromatic rings. The summed E-state index contributed by atoms with van der Waals surface area (Å²) in [6.45, 7) is 0.747. The van der Waals surface area contributed by atoms with Crippen molar-refractivity contribution >= 4 is 5.97 Å². The van der Waals surface area contributed by atoms with E-state index in [-0.39, 0.29) is 5.97 Å². The van der Waals surface area contributed by atoms with Crippen molar-refractivity contribution in [3.8, 4) is 0 Å². The fourth-order valence-electron chi connectivity index (χ4n) is 3.29. The van der Waals surface area contributed by atoms with Crippen molar-refractivity contribution in [1.82, 2.24) is 9.55 Å². The van der Waals surface area contributed by atoms with E-state index < -0.39 is 0 Å². The predicted octanol–water partition coefficient (Wildman–Crippen LogP) is 3.77. The Kier molecular flexibility index (Phi) is 4.56. The molecule has 4 heteroatoms. The Hall–Kier alpha value is -2.10. The van der Waals surface area contributed by atoms with Gasteiger partial charge < -0.3 is 9.30 Å². The molecule has 0 unspecified atom stereocenters. The minimum absolute atomic E-state index is 0.292. The molecule has 1 fully saturated rings. The maximum Gasteiger partial charge on any atom is 0.337 e. The average molecular weight is 298 g/mol. The second kappa shape index (κ2) is 6.77. The Bertz CT molecular complexity index is 642. The highest BCUT2D eigenvalue weighted by Crippen LogP contribution is 2.31. The average Bonchev–Trinajstić information content (AvgIpc) is 3.03.